The van der Waals surface area contributed by atoms with Gasteiger partial charge in [-0.25, -0.2) is 9.97 Å². The Balaban J connectivity index is 3.10. The zero-order valence-corrected chi connectivity index (χ0v) is 7.33. The second-order valence-corrected chi connectivity index (χ2v) is 2.47. The predicted molar refractivity (Wildman–Crippen MR) is 45.8 cm³/mol. The molecule has 1 aromatic heterocycles. The van der Waals surface area contributed by atoms with E-state index in [0.717, 1.165) is 0 Å². The van der Waals surface area contributed by atoms with E-state index in [0.29, 0.717) is 5.82 Å². The summed E-state index contributed by atoms with van der Waals surface area (Å²) in [5, 5.41) is 11.1. The van der Waals surface area contributed by atoms with Crippen LogP contribution in [0.5, 0.6) is 0 Å². The number of amides is 1. The van der Waals surface area contributed by atoms with Gasteiger partial charge in [0.1, 0.15) is 17.5 Å². The number of aromatic nitrogens is 2. The van der Waals surface area contributed by atoms with Crippen molar-refractivity contribution in [2.45, 2.75) is 13.8 Å². The fourth-order valence-corrected chi connectivity index (χ4v) is 0.814. The van der Waals surface area contributed by atoms with Gasteiger partial charge in [-0.3, -0.25) is 4.79 Å². The molecule has 0 aromatic carbocycles. The van der Waals surface area contributed by atoms with Crippen LogP contribution >= 0.6 is 0 Å². The van der Waals surface area contributed by atoms with Gasteiger partial charge < -0.3 is 5.32 Å². The summed E-state index contributed by atoms with van der Waals surface area (Å²) in [5.74, 6) is 0.528. The number of carbonyl (C=O) groups excluding carboxylic acids is 1. The number of anilines is 1. The summed E-state index contributed by atoms with van der Waals surface area (Å²) in [6.07, 6.45) is 1.38. The van der Waals surface area contributed by atoms with Crippen molar-refractivity contribution in [2.75, 3.05) is 5.32 Å². The molecule has 0 aliphatic heterocycles. The average Bonchev–Trinajstić information content (AvgIpc) is 2.03. The lowest BCUT2D eigenvalue weighted by atomic mass is 10.3. The van der Waals surface area contributed by atoms with Crippen LogP contribution in [0.3, 0.4) is 0 Å². The topological polar surface area (TPSA) is 78.7 Å². The first kappa shape index (κ1) is 9.13. The molecule has 66 valence electrons. The molecule has 0 bridgehead atoms. The van der Waals surface area contributed by atoms with Crippen LogP contribution in [0.4, 0.5) is 5.82 Å². The highest BCUT2D eigenvalue weighted by Gasteiger charge is 2.05. The number of nitrogens with one attached hydrogen (secondary N) is 1. The minimum atomic E-state index is -0.255. The number of hydrogen-bond acceptors (Lipinski definition) is 4. The third-order valence-corrected chi connectivity index (χ3v) is 1.32. The number of rotatable bonds is 1. The zero-order chi connectivity index (χ0) is 9.84. The lowest BCUT2D eigenvalue weighted by molar-refractivity contribution is -0.114. The van der Waals surface area contributed by atoms with Crippen molar-refractivity contribution in [3.8, 4) is 6.07 Å². The lowest BCUT2D eigenvalue weighted by Gasteiger charge is -2.02. The highest BCUT2D eigenvalue weighted by molar-refractivity contribution is 5.88. The van der Waals surface area contributed by atoms with Gasteiger partial charge in [-0.1, -0.05) is 0 Å². The maximum absolute atomic E-state index is 10.7. The normalized spacial score (nSPS) is 9.00. The third-order valence-electron chi connectivity index (χ3n) is 1.32. The van der Waals surface area contributed by atoms with Crippen LogP contribution in [-0.4, -0.2) is 15.9 Å². The minimum Gasteiger partial charge on any atom is -0.310 e. The summed E-state index contributed by atoms with van der Waals surface area (Å²) in [5.41, 5.74) is 0.265. The summed E-state index contributed by atoms with van der Waals surface area (Å²) < 4.78 is 0. The molecule has 1 N–H and O–H groups in total. The molecule has 1 aromatic rings. The van der Waals surface area contributed by atoms with E-state index in [9.17, 15) is 4.79 Å². The van der Waals surface area contributed by atoms with E-state index in [1.165, 1.54) is 13.1 Å². The van der Waals surface area contributed by atoms with Gasteiger partial charge in [0.2, 0.25) is 5.91 Å². The molecule has 0 spiro atoms. The van der Waals surface area contributed by atoms with Crippen LogP contribution in [-0.2, 0) is 4.79 Å². The molecule has 1 heterocycles. The monoisotopic (exact) mass is 176 g/mol. The van der Waals surface area contributed by atoms with E-state index < -0.39 is 0 Å². The molecule has 0 fully saturated rings. The van der Waals surface area contributed by atoms with Crippen LogP contribution in [0.25, 0.3) is 0 Å². The van der Waals surface area contributed by atoms with Crippen molar-refractivity contribution < 1.29 is 4.79 Å². The molecule has 0 radical (unpaired) electrons. The van der Waals surface area contributed by atoms with Crippen LogP contribution in [0.15, 0.2) is 6.20 Å². The Hall–Kier alpha value is -1.96. The minimum absolute atomic E-state index is 0.255. The van der Waals surface area contributed by atoms with Crippen LogP contribution in [0.1, 0.15) is 18.3 Å². The smallest absolute Gasteiger partial charge is 0.222 e. The summed E-state index contributed by atoms with van der Waals surface area (Å²) in [4.78, 5) is 18.5. The van der Waals surface area contributed by atoms with E-state index >= 15 is 0 Å². The molecule has 13 heavy (non-hydrogen) atoms. The van der Waals surface area contributed by atoms with Gasteiger partial charge >= 0.3 is 0 Å². The molecular weight excluding hydrogens is 168 g/mol. The Kier molecular flexibility index (Phi) is 2.55. The Bertz CT molecular complexity index is 380. The number of nitriles is 1. The Morgan fingerprint density at radius 3 is 2.92 bits per heavy atom. The summed E-state index contributed by atoms with van der Waals surface area (Å²) >= 11 is 0. The molecule has 0 aliphatic rings. The van der Waals surface area contributed by atoms with Crippen molar-refractivity contribution in [2.24, 2.45) is 0 Å². The molecule has 0 aliphatic carbocycles. The second kappa shape index (κ2) is 3.63. The summed E-state index contributed by atoms with van der Waals surface area (Å²) in [6, 6.07) is 1.89. The van der Waals surface area contributed by atoms with Gasteiger partial charge in [0.25, 0.3) is 0 Å². The van der Waals surface area contributed by atoms with Gasteiger partial charge in [0, 0.05) is 6.92 Å². The van der Waals surface area contributed by atoms with E-state index in [-0.39, 0.29) is 17.3 Å². The molecule has 5 heteroatoms. The fourth-order valence-electron chi connectivity index (χ4n) is 0.814. The Labute approximate surface area is 75.4 Å². The van der Waals surface area contributed by atoms with Crippen molar-refractivity contribution in [3.63, 3.8) is 0 Å². The van der Waals surface area contributed by atoms with Crippen LogP contribution in [0, 0.1) is 18.3 Å². The Morgan fingerprint density at radius 1 is 1.69 bits per heavy atom. The number of aryl methyl sites for hydroxylation is 1. The number of carbonyl (C=O) groups is 1. The molecule has 1 amide bonds. The van der Waals surface area contributed by atoms with Gasteiger partial charge in [-0.05, 0) is 6.92 Å². The molecule has 0 saturated heterocycles. The highest BCUT2D eigenvalue weighted by Crippen LogP contribution is 2.09. The third kappa shape index (κ3) is 2.24. The second-order valence-electron chi connectivity index (χ2n) is 2.47. The van der Waals surface area contributed by atoms with Gasteiger partial charge in [0.05, 0.1) is 6.20 Å². The standard InChI is InChI=1S/C8H8N4O/c1-5-10-4-7(3-9)8(11-5)12-6(2)13/h4H,1-2H3,(H,10,11,12,13). The molecule has 0 saturated carbocycles. The quantitative estimate of drug-likeness (QED) is 0.680. The van der Waals surface area contributed by atoms with E-state index in [1.807, 2.05) is 6.07 Å². The van der Waals surface area contributed by atoms with Crippen molar-refractivity contribution >= 4 is 11.7 Å². The predicted octanol–water partition coefficient (Wildman–Crippen LogP) is 0.615. The Morgan fingerprint density at radius 2 is 2.38 bits per heavy atom. The molecule has 1 rings (SSSR count). The maximum atomic E-state index is 10.7. The summed E-state index contributed by atoms with van der Waals surface area (Å²) in [7, 11) is 0. The van der Waals surface area contributed by atoms with Crippen molar-refractivity contribution in [1.82, 2.24) is 9.97 Å². The molecule has 0 atom stereocenters. The number of hydrogen-bond donors (Lipinski definition) is 1. The van der Waals surface area contributed by atoms with Gasteiger partial charge in [0.15, 0.2) is 5.82 Å². The van der Waals surface area contributed by atoms with Crippen LogP contribution < -0.4 is 5.32 Å². The van der Waals surface area contributed by atoms with Gasteiger partial charge in [-0.15, -0.1) is 0 Å². The highest BCUT2D eigenvalue weighted by atomic mass is 16.1. The van der Waals surface area contributed by atoms with E-state index in [2.05, 4.69) is 15.3 Å². The van der Waals surface area contributed by atoms with E-state index in [1.54, 1.807) is 6.92 Å². The molecule has 0 unspecified atom stereocenters. The van der Waals surface area contributed by atoms with Crippen molar-refractivity contribution in [3.05, 3.63) is 17.6 Å². The SMILES string of the molecule is CC(=O)Nc1nc(C)ncc1C#N. The van der Waals surface area contributed by atoms with Gasteiger partial charge in [-0.2, -0.15) is 5.26 Å². The largest absolute Gasteiger partial charge is 0.310 e. The maximum Gasteiger partial charge on any atom is 0.222 e. The van der Waals surface area contributed by atoms with Crippen molar-refractivity contribution in [1.29, 1.82) is 5.26 Å². The lowest BCUT2D eigenvalue weighted by Crippen LogP contribution is -2.10. The van der Waals surface area contributed by atoms with Crippen LogP contribution in [0.2, 0.25) is 0 Å². The number of nitrogens with zero attached hydrogens (tertiary/aromatic N) is 3. The molecule has 5 nitrogen and oxygen atoms in total. The summed E-state index contributed by atoms with van der Waals surface area (Å²) in [6.45, 7) is 3.05. The first-order valence-corrected chi connectivity index (χ1v) is 3.65. The van der Waals surface area contributed by atoms with E-state index in [4.69, 9.17) is 5.26 Å². The average molecular weight is 176 g/mol. The fraction of sp³-hybridized carbons (Fsp3) is 0.250. The zero-order valence-electron chi connectivity index (χ0n) is 7.33. The first-order chi connectivity index (χ1) is 6.13. The molecular formula is C8H8N4O. The first-order valence-electron chi connectivity index (χ1n) is 3.65.